The molecule has 1 aliphatic heterocycles. The van der Waals surface area contributed by atoms with E-state index >= 15 is 0 Å². The number of amides is 1. The Morgan fingerprint density at radius 1 is 1.06 bits per heavy atom. The second kappa shape index (κ2) is 9.43. The maximum Gasteiger partial charge on any atom is 0.229 e. The van der Waals surface area contributed by atoms with Crippen molar-refractivity contribution in [2.45, 2.75) is 11.3 Å². The quantitative estimate of drug-likeness (QED) is 0.495. The van der Waals surface area contributed by atoms with Crippen LogP contribution in [-0.2, 0) is 14.6 Å². The molecule has 3 aromatic rings. The van der Waals surface area contributed by atoms with Crippen molar-refractivity contribution in [1.82, 2.24) is 9.88 Å². The largest absolute Gasteiger partial charge is 0.486 e. The van der Waals surface area contributed by atoms with E-state index in [-0.39, 0.29) is 23.0 Å². The van der Waals surface area contributed by atoms with Crippen LogP contribution < -0.4 is 14.4 Å². The van der Waals surface area contributed by atoms with Gasteiger partial charge in [0.1, 0.15) is 13.2 Å². The lowest BCUT2D eigenvalue weighted by Gasteiger charge is -2.22. The predicted molar refractivity (Wildman–Crippen MR) is 125 cm³/mol. The first-order valence-corrected chi connectivity index (χ1v) is 12.7. The molecule has 0 radical (unpaired) electrons. The highest BCUT2D eigenvalue weighted by Crippen LogP contribution is 2.38. The molecule has 0 saturated heterocycles. The maximum absolute atomic E-state index is 13.1. The minimum Gasteiger partial charge on any atom is -0.486 e. The Labute approximate surface area is 191 Å². The standard InChI is InChI=1S/C22H25N3O5S2/c1-24(2)9-10-25(21(26)8-13-32(27,28)16-6-4-3-5-7-16)22-23-17-14-18-19(15-20(17)31-22)30-12-11-29-18/h3-7,14-15H,8-13H2,1-2H3. The molecule has 0 saturated carbocycles. The molecule has 0 bridgehead atoms. The van der Waals surface area contributed by atoms with Gasteiger partial charge in [0.15, 0.2) is 26.5 Å². The van der Waals surface area contributed by atoms with Gasteiger partial charge in [-0.05, 0) is 26.2 Å². The van der Waals surface area contributed by atoms with E-state index < -0.39 is 9.84 Å². The number of carbonyl (C=O) groups is 1. The van der Waals surface area contributed by atoms with Gasteiger partial charge in [0.2, 0.25) is 5.91 Å². The van der Waals surface area contributed by atoms with Gasteiger partial charge in [-0.1, -0.05) is 29.5 Å². The van der Waals surface area contributed by atoms with Gasteiger partial charge in [0.25, 0.3) is 0 Å². The highest BCUT2D eigenvalue weighted by atomic mass is 32.2. The molecule has 2 aromatic carbocycles. The fraction of sp³-hybridized carbons (Fsp3) is 0.364. The third-order valence-corrected chi connectivity index (χ3v) is 7.80. The lowest BCUT2D eigenvalue weighted by atomic mass is 10.3. The van der Waals surface area contributed by atoms with Crippen LogP contribution in [-0.4, -0.2) is 70.4 Å². The molecule has 4 rings (SSSR count). The zero-order valence-electron chi connectivity index (χ0n) is 18.0. The van der Waals surface area contributed by atoms with Gasteiger partial charge in [-0.15, -0.1) is 0 Å². The summed E-state index contributed by atoms with van der Waals surface area (Å²) in [4.78, 5) is 21.5. The van der Waals surface area contributed by atoms with E-state index in [4.69, 9.17) is 9.47 Å². The van der Waals surface area contributed by atoms with E-state index in [1.54, 1.807) is 35.2 Å². The highest BCUT2D eigenvalue weighted by molar-refractivity contribution is 7.91. The van der Waals surface area contributed by atoms with Crippen molar-refractivity contribution in [3.8, 4) is 11.5 Å². The summed E-state index contributed by atoms with van der Waals surface area (Å²) in [6.45, 7) is 2.01. The molecule has 1 aromatic heterocycles. The van der Waals surface area contributed by atoms with E-state index in [1.165, 1.54) is 11.3 Å². The molecule has 0 spiro atoms. The summed E-state index contributed by atoms with van der Waals surface area (Å²) in [5, 5.41) is 0.534. The summed E-state index contributed by atoms with van der Waals surface area (Å²) in [6, 6.07) is 11.9. The molecule has 0 atom stereocenters. The Hall–Kier alpha value is -2.69. The molecular weight excluding hydrogens is 450 g/mol. The number of rotatable bonds is 8. The second-order valence-electron chi connectivity index (χ2n) is 7.69. The predicted octanol–water partition coefficient (Wildman–Crippen LogP) is 2.83. The number of sulfone groups is 1. The van der Waals surface area contributed by atoms with Crippen molar-refractivity contribution in [2.24, 2.45) is 0 Å². The molecule has 0 unspecified atom stereocenters. The molecule has 1 amide bonds. The number of nitrogens with zero attached hydrogens (tertiary/aromatic N) is 3. The molecule has 10 heteroatoms. The van der Waals surface area contributed by atoms with Crippen LogP contribution in [0.4, 0.5) is 5.13 Å². The minimum absolute atomic E-state index is 0.122. The van der Waals surface area contributed by atoms with E-state index in [9.17, 15) is 13.2 Å². The summed E-state index contributed by atoms with van der Waals surface area (Å²) in [7, 11) is 0.294. The number of hydrogen-bond acceptors (Lipinski definition) is 8. The number of anilines is 1. The number of ether oxygens (including phenoxy) is 2. The number of hydrogen-bond donors (Lipinski definition) is 0. The van der Waals surface area contributed by atoms with Crippen molar-refractivity contribution < 1.29 is 22.7 Å². The van der Waals surface area contributed by atoms with Crippen LogP contribution in [0.25, 0.3) is 10.2 Å². The fourth-order valence-electron chi connectivity index (χ4n) is 3.30. The van der Waals surface area contributed by atoms with Crippen LogP contribution in [0.1, 0.15) is 6.42 Å². The minimum atomic E-state index is -3.55. The Bertz CT molecular complexity index is 1170. The molecule has 170 valence electrons. The fourth-order valence-corrected chi connectivity index (χ4v) is 5.57. The molecule has 2 heterocycles. The summed E-state index contributed by atoms with van der Waals surface area (Å²) in [5.41, 5.74) is 0.716. The lowest BCUT2D eigenvalue weighted by Crippen LogP contribution is -2.37. The van der Waals surface area contributed by atoms with Crippen molar-refractivity contribution in [1.29, 1.82) is 0 Å². The van der Waals surface area contributed by atoms with Gasteiger partial charge < -0.3 is 14.4 Å². The van der Waals surface area contributed by atoms with Crippen molar-refractivity contribution in [3.63, 3.8) is 0 Å². The number of benzene rings is 2. The summed E-state index contributed by atoms with van der Waals surface area (Å²) >= 11 is 1.38. The third-order valence-electron chi connectivity index (χ3n) is 5.03. The Balaban J connectivity index is 1.57. The first kappa shape index (κ1) is 22.5. The lowest BCUT2D eigenvalue weighted by molar-refractivity contribution is -0.118. The van der Waals surface area contributed by atoms with Gasteiger partial charge >= 0.3 is 0 Å². The normalized spacial score (nSPS) is 13.5. The maximum atomic E-state index is 13.1. The summed E-state index contributed by atoms with van der Waals surface area (Å²) < 4.78 is 37.4. The Kier molecular flexibility index (Phi) is 6.63. The molecule has 8 nitrogen and oxygen atoms in total. The SMILES string of the molecule is CN(C)CCN(C(=O)CCS(=O)(=O)c1ccccc1)c1nc2cc3c(cc2s1)OCCO3. The second-order valence-corrected chi connectivity index (χ2v) is 10.8. The van der Waals surface area contributed by atoms with Crippen molar-refractivity contribution in [2.75, 3.05) is 51.1 Å². The molecule has 1 aliphatic rings. The topological polar surface area (TPSA) is 89.0 Å². The molecule has 32 heavy (non-hydrogen) atoms. The van der Waals surface area contributed by atoms with Gasteiger partial charge in [-0.3, -0.25) is 9.69 Å². The van der Waals surface area contributed by atoms with E-state index in [0.29, 0.717) is 48.5 Å². The number of fused-ring (bicyclic) bond motifs is 2. The van der Waals surface area contributed by atoms with Crippen LogP contribution in [0, 0.1) is 0 Å². The Morgan fingerprint density at radius 3 is 2.44 bits per heavy atom. The number of likely N-dealkylation sites (N-methyl/N-ethyl adjacent to an activating group) is 1. The average molecular weight is 476 g/mol. The smallest absolute Gasteiger partial charge is 0.229 e. The van der Waals surface area contributed by atoms with Crippen LogP contribution in [0.5, 0.6) is 11.5 Å². The van der Waals surface area contributed by atoms with Gasteiger partial charge in [-0.25, -0.2) is 13.4 Å². The molecule has 0 aliphatic carbocycles. The van der Waals surface area contributed by atoms with Crippen LogP contribution in [0.2, 0.25) is 0 Å². The van der Waals surface area contributed by atoms with Crippen LogP contribution in [0.3, 0.4) is 0 Å². The number of aromatic nitrogens is 1. The van der Waals surface area contributed by atoms with Crippen LogP contribution in [0.15, 0.2) is 47.4 Å². The van der Waals surface area contributed by atoms with Crippen molar-refractivity contribution >= 4 is 42.4 Å². The number of carbonyl (C=O) groups excluding carboxylic acids is 1. The average Bonchev–Trinajstić information content (AvgIpc) is 3.19. The van der Waals surface area contributed by atoms with E-state index in [2.05, 4.69) is 4.98 Å². The van der Waals surface area contributed by atoms with Crippen molar-refractivity contribution in [3.05, 3.63) is 42.5 Å². The van der Waals surface area contributed by atoms with E-state index in [1.807, 2.05) is 31.1 Å². The molecular formula is C22H25N3O5S2. The molecule has 0 N–H and O–H groups in total. The first-order chi connectivity index (χ1) is 15.3. The molecule has 0 fully saturated rings. The van der Waals surface area contributed by atoms with Gasteiger partial charge in [-0.2, -0.15) is 0 Å². The van der Waals surface area contributed by atoms with Gasteiger partial charge in [0, 0.05) is 31.6 Å². The summed E-state index contributed by atoms with van der Waals surface area (Å²) in [5.74, 6) is 0.775. The first-order valence-electron chi connectivity index (χ1n) is 10.3. The Morgan fingerprint density at radius 2 is 1.75 bits per heavy atom. The summed E-state index contributed by atoms with van der Waals surface area (Å²) in [6.07, 6.45) is -0.122. The zero-order valence-corrected chi connectivity index (χ0v) is 19.6. The monoisotopic (exact) mass is 475 g/mol. The number of thiazole rings is 1. The highest BCUT2D eigenvalue weighted by Gasteiger charge is 2.24. The van der Waals surface area contributed by atoms with Gasteiger partial charge in [0.05, 0.1) is 20.9 Å². The third kappa shape index (κ3) is 5.03. The van der Waals surface area contributed by atoms with E-state index in [0.717, 1.165) is 4.70 Å². The van der Waals surface area contributed by atoms with Crippen LogP contribution >= 0.6 is 11.3 Å². The zero-order chi connectivity index (χ0) is 22.7.